The molecular weight excluding hydrogens is 368 g/mol. The minimum atomic E-state index is -0.769. The van der Waals surface area contributed by atoms with Crippen molar-refractivity contribution >= 4 is 11.9 Å². The van der Waals surface area contributed by atoms with Gasteiger partial charge in [0, 0.05) is 12.2 Å². The number of aryl methyl sites for hydroxylation is 1. The van der Waals surface area contributed by atoms with Crippen LogP contribution in [0, 0.1) is 11.8 Å². The summed E-state index contributed by atoms with van der Waals surface area (Å²) in [6.07, 6.45) is 9.96. The first kappa shape index (κ1) is 21.6. The second-order valence-corrected chi connectivity index (χ2v) is 8.88. The largest absolute Gasteiger partial charge is 0.467 e. The van der Waals surface area contributed by atoms with Crippen LogP contribution in [0.5, 0.6) is 0 Å². The van der Waals surface area contributed by atoms with Gasteiger partial charge in [0.15, 0.2) is 0 Å². The fraction of sp³-hybridized carbons (Fsp3) is 0.696. The third-order valence-corrected chi connectivity index (χ3v) is 6.42. The Balaban J connectivity index is 1.94. The van der Waals surface area contributed by atoms with E-state index in [1.54, 1.807) is 6.07 Å². The molecule has 0 aliphatic heterocycles. The van der Waals surface area contributed by atoms with Crippen LogP contribution in [0.3, 0.4) is 0 Å². The Morgan fingerprint density at radius 2 is 1.83 bits per heavy atom. The average molecular weight is 403 g/mol. The number of ether oxygens (including phenoxy) is 1. The molecule has 1 fully saturated rings. The molecule has 0 saturated heterocycles. The van der Waals surface area contributed by atoms with E-state index in [0.29, 0.717) is 12.5 Å². The Morgan fingerprint density at radius 3 is 2.48 bits per heavy atom. The maximum Gasteiger partial charge on any atom is 0.328 e. The molecule has 160 valence electrons. The number of nitrogens with zero attached hydrogens (tertiary/aromatic N) is 1. The summed E-state index contributed by atoms with van der Waals surface area (Å²) in [6, 6.07) is 0.993. The van der Waals surface area contributed by atoms with Gasteiger partial charge >= 0.3 is 5.97 Å². The third-order valence-electron chi connectivity index (χ3n) is 6.42. The Morgan fingerprint density at radius 1 is 1.14 bits per heavy atom. The molecule has 0 unspecified atom stereocenters. The predicted molar refractivity (Wildman–Crippen MR) is 112 cm³/mol. The van der Waals surface area contributed by atoms with E-state index in [-0.39, 0.29) is 17.0 Å². The predicted octanol–water partition coefficient (Wildman–Crippen LogP) is 3.23. The standard InChI is InChI=1S/C23H34N2O4/c1-15(2)20(23(28)29-3)24-21(26)18-13-17-11-7-8-12-19(17)25(22(18)27)14-16-9-5-4-6-10-16/h13,15-16,20H,4-12,14H2,1-3H3,(H,24,26)/t20-/m0/s1. The molecule has 1 saturated carbocycles. The number of esters is 1. The first-order valence-electron chi connectivity index (χ1n) is 11.1. The summed E-state index contributed by atoms with van der Waals surface area (Å²) >= 11 is 0. The number of pyridine rings is 1. The van der Waals surface area contributed by atoms with Gasteiger partial charge in [-0.15, -0.1) is 0 Å². The van der Waals surface area contributed by atoms with E-state index in [1.807, 2.05) is 18.4 Å². The quantitative estimate of drug-likeness (QED) is 0.741. The topological polar surface area (TPSA) is 77.4 Å². The van der Waals surface area contributed by atoms with Crippen molar-refractivity contribution in [3.63, 3.8) is 0 Å². The third kappa shape index (κ3) is 4.90. The summed E-state index contributed by atoms with van der Waals surface area (Å²) in [4.78, 5) is 38.4. The number of rotatable bonds is 6. The van der Waals surface area contributed by atoms with Crippen LogP contribution in [-0.4, -0.2) is 29.6 Å². The Hall–Kier alpha value is -2.11. The van der Waals surface area contributed by atoms with Crippen LogP contribution in [0.25, 0.3) is 0 Å². The van der Waals surface area contributed by atoms with Gasteiger partial charge < -0.3 is 14.6 Å². The summed E-state index contributed by atoms with van der Waals surface area (Å²) in [5.74, 6) is -0.600. The van der Waals surface area contributed by atoms with Gasteiger partial charge in [-0.3, -0.25) is 9.59 Å². The average Bonchev–Trinajstić information content (AvgIpc) is 2.73. The van der Waals surface area contributed by atoms with Gasteiger partial charge in [0.2, 0.25) is 0 Å². The van der Waals surface area contributed by atoms with Crippen LogP contribution in [0.1, 0.15) is 80.4 Å². The SMILES string of the molecule is COC(=O)[C@@H](NC(=O)c1cc2c(n(CC3CCCCC3)c1=O)CCCC2)C(C)C. The molecule has 3 rings (SSSR count). The molecule has 0 spiro atoms. The number of hydrogen-bond acceptors (Lipinski definition) is 4. The van der Waals surface area contributed by atoms with Crippen molar-refractivity contribution in [1.29, 1.82) is 0 Å². The molecule has 1 aromatic heterocycles. The number of carbonyl (C=O) groups is 2. The molecule has 0 bridgehead atoms. The van der Waals surface area contributed by atoms with Crippen molar-refractivity contribution in [1.82, 2.24) is 9.88 Å². The second-order valence-electron chi connectivity index (χ2n) is 8.88. The Kier molecular flexibility index (Phi) is 7.14. The van der Waals surface area contributed by atoms with Gasteiger partial charge in [-0.05, 0) is 62.0 Å². The van der Waals surface area contributed by atoms with Crippen LogP contribution in [0.4, 0.5) is 0 Å². The lowest BCUT2D eigenvalue weighted by Crippen LogP contribution is -2.47. The smallest absolute Gasteiger partial charge is 0.328 e. The molecule has 6 heteroatoms. The zero-order chi connectivity index (χ0) is 21.0. The van der Waals surface area contributed by atoms with Gasteiger partial charge in [0.1, 0.15) is 11.6 Å². The van der Waals surface area contributed by atoms with E-state index >= 15 is 0 Å². The highest BCUT2D eigenvalue weighted by atomic mass is 16.5. The van der Waals surface area contributed by atoms with Crippen LogP contribution < -0.4 is 10.9 Å². The normalized spacial score (nSPS) is 18.2. The molecule has 29 heavy (non-hydrogen) atoms. The maximum absolute atomic E-state index is 13.3. The highest BCUT2D eigenvalue weighted by Gasteiger charge is 2.28. The van der Waals surface area contributed by atoms with Gasteiger partial charge in [-0.1, -0.05) is 33.1 Å². The molecule has 1 heterocycles. The molecule has 1 atom stereocenters. The first-order chi connectivity index (χ1) is 13.9. The molecule has 2 aliphatic carbocycles. The molecule has 1 aromatic rings. The van der Waals surface area contributed by atoms with Crippen LogP contribution in [0.15, 0.2) is 10.9 Å². The number of carbonyl (C=O) groups excluding carboxylic acids is 2. The lowest BCUT2D eigenvalue weighted by atomic mass is 9.88. The fourth-order valence-electron chi connectivity index (χ4n) is 4.71. The monoisotopic (exact) mass is 402 g/mol. The van der Waals surface area contributed by atoms with Crippen molar-refractivity contribution < 1.29 is 14.3 Å². The number of nitrogens with one attached hydrogen (secondary N) is 1. The van der Waals surface area contributed by atoms with Crippen LogP contribution in [0.2, 0.25) is 0 Å². The zero-order valence-electron chi connectivity index (χ0n) is 18.0. The van der Waals surface area contributed by atoms with Crippen molar-refractivity contribution in [2.24, 2.45) is 11.8 Å². The summed E-state index contributed by atoms with van der Waals surface area (Å²) in [7, 11) is 1.31. The summed E-state index contributed by atoms with van der Waals surface area (Å²) in [5, 5.41) is 2.74. The lowest BCUT2D eigenvalue weighted by Gasteiger charge is -2.27. The van der Waals surface area contributed by atoms with Crippen LogP contribution >= 0.6 is 0 Å². The Labute approximate surface area is 173 Å². The molecule has 0 radical (unpaired) electrons. The zero-order valence-corrected chi connectivity index (χ0v) is 18.0. The highest BCUT2D eigenvalue weighted by molar-refractivity contribution is 5.96. The maximum atomic E-state index is 13.3. The van der Waals surface area contributed by atoms with Gasteiger partial charge in [0.05, 0.1) is 7.11 Å². The van der Waals surface area contributed by atoms with Crippen LogP contribution in [-0.2, 0) is 28.9 Å². The number of aromatic nitrogens is 1. The lowest BCUT2D eigenvalue weighted by molar-refractivity contribution is -0.144. The summed E-state index contributed by atoms with van der Waals surface area (Å²) in [6.45, 7) is 4.39. The van der Waals surface area contributed by atoms with E-state index < -0.39 is 17.9 Å². The van der Waals surface area contributed by atoms with E-state index in [1.165, 1.54) is 26.4 Å². The molecule has 1 N–H and O–H groups in total. The molecule has 1 amide bonds. The molecular formula is C23H34N2O4. The van der Waals surface area contributed by atoms with Gasteiger partial charge in [-0.2, -0.15) is 0 Å². The van der Waals surface area contributed by atoms with Crippen molar-refractivity contribution in [3.8, 4) is 0 Å². The highest BCUT2D eigenvalue weighted by Crippen LogP contribution is 2.27. The van der Waals surface area contributed by atoms with E-state index in [0.717, 1.165) is 49.8 Å². The van der Waals surface area contributed by atoms with Crippen molar-refractivity contribution in [3.05, 3.63) is 33.2 Å². The van der Waals surface area contributed by atoms with Gasteiger partial charge in [0.25, 0.3) is 11.5 Å². The second kappa shape index (κ2) is 9.59. The minimum Gasteiger partial charge on any atom is -0.467 e. The molecule has 0 aromatic carbocycles. The number of methoxy groups -OCH3 is 1. The number of amides is 1. The van der Waals surface area contributed by atoms with E-state index in [9.17, 15) is 14.4 Å². The molecule has 6 nitrogen and oxygen atoms in total. The Bertz CT molecular complexity index is 806. The summed E-state index contributed by atoms with van der Waals surface area (Å²) < 4.78 is 6.70. The molecule has 2 aliphatic rings. The van der Waals surface area contributed by atoms with E-state index in [4.69, 9.17) is 4.74 Å². The number of fused-ring (bicyclic) bond motifs is 1. The summed E-state index contributed by atoms with van der Waals surface area (Å²) in [5.41, 5.74) is 2.14. The fourth-order valence-corrected chi connectivity index (χ4v) is 4.71. The first-order valence-corrected chi connectivity index (χ1v) is 11.1. The number of hydrogen-bond donors (Lipinski definition) is 1. The van der Waals surface area contributed by atoms with E-state index in [2.05, 4.69) is 5.32 Å². The van der Waals surface area contributed by atoms with Crippen molar-refractivity contribution in [2.45, 2.75) is 84.2 Å². The van der Waals surface area contributed by atoms with Gasteiger partial charge in [-0.25, -0.2) is 4.79 Å². The van der Waals surface area contributed by atoms with Crippen molar-refractivity contribution in [2.75, 3.05) is 7.11 Å². The minimum absolute atomic E-state index is 0.131.